The van der Waals surface area contributed by atoms with Crippen molar-refractivity contribution in [2.45, 2.75) is 58.3 Å². The van der Waals surface area contributed by atoms with Gasteiger partial charge in [-0.2, -0.15) is 0 Å². The maximum atomic E-state index is 4.07. The van der Waals surface area contributed by atoms with E-state index in [-0.39, 0.29) is 10.8 Å². The normalized spacial score (nSPS) is 14.5. The van der Waals surface area contributed by atoms with E-state index in [1.54, 1.807) is 0 Å². The third kappa shape index (κ3) is 6.39. The van der Waals surface area contributed by atoms with Crippen molar-refractivity contribution in [3.63, 3.8) is 0 Å². The molecule has 2 aromatic heterocycles. The number of fused-ring (bicyclic) bond motifs is 10. The van der Waals surface area contributed by atoms with Gasteiger partial charge in [0, 0.05) is 60.4 Å². The monoisotopic (exact) mass is 893 g/mol. The van der Waals surface area contributed by atoms with Gasteiger partial charge in [-0.1, -0.05) is 143 Å². The lowest BCUT2D eigenvalue weighted by Gasteiger charge is -2.42. The lowest BCUT2D eigenvalue weighted by molar-refractivity contribution is 0.332. The number of para-hydroxylation sites is 2. The van der Waals surface area contributed by atoms with Crippen molar-refractivity contribution < 1.29 is 0 Å². The van der Waals surface area contributed by atoms with Gasteiger partial charge in [0.1, 0.15) is 0 Å². The molecule has 9 aromatic carbocycles. The molecule has 11 aromatic rings. The van der Waals surface area contributed by atoms with Crippen LogP contribution in [0.15, 0.2) is 188 Å². The van der Waals surface area contributed by atoms with E-state index in [1.807, 2.05) is 11.3 Å². The molecule has 0 spiro atoms. The average molecular weight is 894 g/mol. The van der Waals surface area contributed by atoms with Gasteiger partial charge < -0.3 is 14.8 Å². The van der Waals surface area contributed by atoms with Crippen molar-refractivity contribution in [1.82, 2.24) is 4.57 Å². The maximum Gasteiger partial charge on any atom is 0.211 e. The summed E-state index contributed by atoms with van der Waals surface area (Å²) < 4.78 is 5.37. The molecule has 0 saturated heterocycles. The Hall–Kier alpha value is -7.34. The van der Waals surface area contributed by atoms with Gasteiger partial charge >= 0.3 is 0 Å². The maximum absolute atomic E-state index is 4.07. The van der Waals surface area contributed by atoms with Crippen LogP contribution in [0.3, 0.4) is 0 Å². The number of rotatable bonds is 7. The first-order valence-corrected chi connectivity index (χ1v) is 25.0. The Bertz CT molecular complexity index is 3770. The van der Waals surface area contributed by atoms with Crippen LogP contribution in [0.5, 0.6) is 0 Å². The summed E-state index contributed by atoms with van der Waals surface area (Å²) in [6, 6.07) is 69.9. The summed E-state index contributed by atoms with van der Waals surface area (Å²) >= 11 is 1.95. The van der Waals surface area contributed by atoms with Gasteiger partial charge in [0.2, 0.25) is 7.28 Å². The second-order valence-corrected chi connectivity index (χ2v) is 21.6. The van der Waals surface area contributed by atoms with Gasteiger partial charge in [-0.3, -0.25) is 0 Å². The number of hydrogen-bond acceptors (Lipinski definition) is 3. The zero-order valence-electron chi connectivity index (χ0n) is 39.3. The molecule has 0 bridgehead atoms. The second-order valence-electron chi connectivity index (χ2n) is 20.5. The molecule has 0 radical (unpaired) electrons. The number of thiophene rings is 1. The topological polar surface area (TPSA) is 20.2 Å². The Morgan fingerprint density at radius 3 is 2.00 bits per heavy atom. The predicted octanol–water partition coefficient (Wildman–Crippen LogP) is 16.1. The van der Waals surface area contributed by atoms with Crippen molar-refractivity contribution in [2.75, 3.05) is 10.2 Å². The van der Waals surface area contributed by atoms with Crippen molar-refractivity contribution in [2.24, 2.45) is 0 Å². The quantitative estimate of drug-likeness (QED) is 0.161. The molecule has 5 heteroatoms. The highest BCUT2D eigenvalue weighted by Crippen LogP contribution is 2.49. The number of benzene rings is 9. The van der Waals surface area contributed by atoms with Crippen LogP contribution in [0.4, 0.5) is 28.4 Å². The fourth-order valence-electron chi connectivity index (χ4n) is 11.8. The summed E-state index contributed by atoms with van der Waals surface area (Å²) in [6.07, 6.45) is 2.36. The summed E-state index contributed by atoms with van der Waals surface area (Å²) in [5.74, 6) is 0. The number of nitrogens with one attached hydrogen (secondary N) is 1. The van der Waals surface area contributed by atoms with Crippen LogP contribution in [0.2, 0.25) is 0 Å². The first-order valence-electron chi connectivity index (χ1n) is 24.2. The molecule has 1 aliphatic carbocycles. The van der Waals surface area contributed by atoms with Crippen LogP contribution < -0.4 is 20.5 Å². The molecule has 1 aliphatic heterocycles. The fraction of sp³-hybridized carbons (Fsp3) is 0.143. The van der Waals surface area contributed by atoms with E-state index < -0.39 is 0 Å². The number of aromatic nitrogens is 1. The van der Waals surface area contributed by atoms with Crippen molar-refractivity contribution in [3.8, 4) is 27.9 Å². The van der Waals surface area contributed by atoms with Gasteiger partial charge in [0.25, 0.3) is 0 Å². The average Bonchev–Trinajstić information content (AvgIpc) is 3.92. The largest absolute Gasteiger partial charge is 0.355 e. The molecule has 1 N–H and O–H groups in total. The lowest BCUT2D eigenvalue weighted by atomic mass is 9.62. The van der Waals surface area contributed by atoms with E-state index >= 15 is 0 Å². The first-order chi connectivity index (χ1) is 33.1. The number of anilines is 5. The van der Waals surface area contributed by atoms with Crippen LogP contribution >= 0.6 is 11.3 Å². The fourth-order valence-corrected chi connectivity index (χ4v) is 13.0. The number of nitrogens with zero attached hydrogens (tertiary/aromatic N) is 2. The van der Waals surface area contributed by atoms with E-state index in [1.165, 1.54) is 110 Å². The molecule has 0 amide bonds. The van der Waals surface area contributed by atoms with Gasteiger partial charge in [-0.15, -0.1) is 11.3 Å². The molecule has 2 aliphatic rings. The molecular weight excluding hydrogens is 842 g/mol. The minimum Gasteiger partial charge on any atom is -0.355 e. The molecule has 13 rings (SSSR count). The van der Waals surface area contributed by atoms with E-state index in [4.69, 9.17) is 0 Å². The van der Waals surface area contributed by atoms with Crippen LogP contribution in [-0.2, 0) is 10.8 Å². The number of hydrogen-bond donors (Lipinski definition) is 1. The Kier molecular flexibility index (Phi) is 9.23. The minimum atomic E-state index is 0.0921. The van der Waals surface area contributed by atoms with Crippen LogP contribution in [-0.4, -0.2) is 11.8 Å². The Morgan fingerprint density at radius 2 is 1.25 bits per heavy atom. The van der Waals surface area contributed by atoms with Gasteiger partial charge in [0.15, 0.2) is 0 Å². The smallest absolute Gasteiger partial charge is 0.211 e. The van der Waals surface area contributed by atoms with E-state index in [2.05, 4.69) is 237 Å². The molecule has 68 heavy (non-hydrogen) atoms. The van der Waals surface area contributed by atoms with Crippen molar-refractivity contribution in [3.05, 3.63) is 205 Å². The molecular formula is C63H52BN3S. The highest BCUT2D eigenvalue weighted by atomic mass is 32.1. The Morgan fingerprint density at radius 1 is 0.559 bits per heavy atom. The SMILES string of the molecule is Cc1cc(-c2cc(N(c3ccccc3)c3ccccc3)ccc2Nc2ccc3c(c2)C(C)(C)CCC3(C)C)c2c3c1c1c4ccccc4ccc1n3-c1c(sc3ccc(-c4ccccc4)cc13)B2. The van der Waals surface area contributed by atoms with E-state index in [0.717, 1.165) is 35.7 Å². The predicted molar refractivity (Wildman–Crippen MR) is 295 cm³/mol. The molecule has 0 atom stereocenters. The summed E-state index contributed by atoms with van der Waals surface area (Å²) in [5, 5.41) is 10.6. The molecule has 0 fully saturated rings. The van der Waals surface area contributed by atoms with E-state index in [0.29, 0.717) is 0 Å². The third-order valence-corrected chi connectivity index (χ3v) is 16.5. The highest BCUT2D eigenvalue weighted by molar-refractivity contribution is 7.29. The first kappa shape index (κ1) is 40.9. The standard InChI is InChI=1S/C63H52BN3S/c1-39-35-49(58-60-56(39)57-47-24-16-15-19-41(47)25-31-54(57)67(60)59-50-36-42(40-17-9-6-10-18-40)26-32-55(50)68-61(59)64-58)48-38-46(66(44-20-11-7-12-21-44)45-22-13-8-14-23-45)28-30-53(48)65-43-27-29-51-52(37-43)63(4,5)34-33-62(51,2)3/h6-32,35-38,64-65H,33-34H2,1-5H3. The highest BCUT2D eigenvalue weighted by Gasteiger charge is 2.37. The summed E-state index contributed by atoms with van der Waals surface area (Å²) in [5.41, 5.74) is 20.2. The Labute approximate surface area is 403 Å². The molecule has 328 valence electrons. The molecule has 3 heterocycles. The third-order valence-electron chi connectivity index (χ3n) is 15.3. The number of aryl methyl sites for hydroxylation is 1. The van der Waals surface area contributed by atoms with Gasteiger partial charge in [-0.25, -0.2) is 0 Å². The summed E-state index contributed by atoms with van der Waals surface area (Å²) in [7, 11) is 0.836. The van der Waals surface area contributed by atoms with Gasteiger partial charge in [-0.05, 0) is 158 Å². The van der Waals surface area contributed by atoms with Crippen LogP contribution in [0, 0.1) is 6.92 Å². The van der Waals surface area contributed by atoms with Gasteiger partial charge in [0.05, 0.1) is 11.2 Å². The summed E-state index contributed by atoms with van der Waals surface area (Å²) in [4.78, 5) is 2.39. The molecule has 0 unspecified atom stereocenters. The van der Waals surface area contributed by atoms with Crippen molar-refractivity contribution in [1.29, 1.82) is 0 Å². The van der Waals surface area contributed by atoms with Crippen LogP contribution in [0.1, 0.15) is 57.2 Å². The molecule has 0 saturated carbocycles. The van der Waals surface area contributed by atoms with E-state index in [9.17, 15) is 0 Å². The minimum absolute atomic E-state index is 0.0921. The lowest BCUT2D eigenvalue weighted by Crippen LogP contribution is -2.35. The zero-order chi connectivity index (χ0) is 45.9. The van der Waals surface area contributed by atoms with Crippen LogP contribution in [0.25, 0.3) is 70.6 Å². The molecule has 3 nitrogen and oxygen atoms in total. The van der Waals surface area contributed by atoms with Crippen molar-refractivity contribution >= 4 is 100.0 Å². The summed E-state index contributed by atoms with van der Waals surface area (Å²) in [6.45, 7) is 12.0. The Balaban J connectivity index is 1.09. The zero-order valence-corrected chi connectivity index (χ0v) is 40.1. The second kappa shape index (κ2) is 15.3.